The molecule has 5 rings (SSSR count). The molecular formula is C23H26N2O3. The van der Waals surface area contributed by atoms with Crippen LogP contribution < -0.4 is 20.1 Å². The number of methoxy groups -OCH3 is 1. The summed E-state index contributed by atoms with van der Waals surface area (Å²) in [5.41, 5.74) is 9.28. The Labute approximate surface area is 165 Å². The summed E-state index contributed by atoms with van der Waals surface area (Å²) in [6.45, 7) is 0. The average molecular weight is 378 g/mol. The van der Waals surface area contributed by atoms with E-state index in [-0.39, 0.29) is 18.1 Å². The number of carbonyl (C=O) groups is 1. The quantitative estimate of drug-likeness (QED) is 0.765. The number of amides is 1. The van der Waals surface area contributed by atoms with E-state index >= 15 is 0 Å². The maximum absolute atomic E-state index is 13.3. The molecule has 2 aliphatic carbocycles. The van der Waals surface area contributed by atoms with E-state index in [9.17, 15) is 4.79 Å². The van der Waals surface area contributed by atoms with Gasteiger partial charge >= 0.3 is 0 Å². The molecule has 1 unspecified atom stereocenters. The zero-order chi connectivity index (χ0) is 19.3. The molecule has 5 nitrogen and oxygen atoms in total. The zero-order valence-corrected chi connectivity index (χ0v) is 16.2. The van der Waals surface area contributed by atoms with E-state index in [4.69, 9.17) is 15.2 Å². The van der Waals surface area contributed by atoms with E-state index in [1.165, 1.54) is 12.8 Å². The second-order valence-corrected chi connectivity index (χ2v) is 8.16. The highest BCUT2D eigenvalue weighted by Crippen LogP contribution is 2.51. The molecule has 2 aromatic rings. The summed E-state index contributed by atoms with van der Waals surface area (Å²) in [5.74, 6) is 1.98. The number of nitrogens with two attached hydrogens (primary N) is 1. The Morgan fingerprint density at radius 1 is 1.00 bits per heavy atom. The maximum atomic E-state index is 13.3. The van der Waals surface area contributed by atoms with E-state index in [0.717, 1.165) is 48.2 Å². The molecular weight excluding hydrogens is 352 g/mol. The molecule has 2 saturated carbocycles. The van der Waals surface area contributed by atoms with Crippen molar-refractivity contribution >= 4 is 17.3 Å². The molecule has 1 aliphatic heterocycles. The number of anilines is 2. The highest BCUT2D eigenvalue weighted by atomic mass is 16.5. The lowest BCUT2D eigenvalue weighted by Gasteiger charge is -2.27. The van der Waals surface area contributed by atoms with Crippen LogP contribution in [-0.4, -0.2) is 19.1 Å². The second kappa shape index (κ2) is 6.73. The third-order valence-corrected chi connectivity index (χ3v) is 6.21. The monoisotopic (exact) mass is 378 g/mol. The van der Waals surface area contributed by atoms with Gasteiger partial charge in [0.1, 0.15) is 0 Å². The van der Waals surface area contributed by atoms with E-state index < -0.39 is 0 Å². The van der Waals surface area contributed by atoms with Gasteiger partial charge in [-0.2, -0.15) is 0 Å². The van der Waals surface area contributed by atoms with Gasteiger partial charge in [0.2, 0.25) is 0 Å². The van der Waals surface area contributed by atoms with Gasteiger partial charge < -0.3 is 20.1 Å². The number of hydrogen-bond acceptors (Lipinski definition) is 4. The van der Waals surface area contributed by atoms with Crippen molar-refractivity contribution < 1.29 is 14.3 Å². The van der Waals surface area contributed by atoms with Crippen LogP contribution in [0.2, 0.25) is 0 Å². The Hall–Kier alpha value is -2.69. The molecule has 0 bridgehead atoms. The molecule has 3 aliphatic rings. The van der Waals surface area contributed by atoms with Crippen molar-refractivity contribution in [1.82, 2.24) is 0 Å². The van der Waals surface area contributed by atoms with Crippen LogP contribution in [0.25, 0.3) is 0 Å². The lowest BCUT2D eigenvalue weighted by Crippen LogP contribution is -2.29. The summed E-state index contributed by atoms with van der Waals surface area (Å²) in [4.78, 5) is 15.2. The predicted octanol–water partition coefficient (Wildman–Crippen LogP) is 4.71. The van der Waals surface area contributed by atoms with Gasteiger partial charge in [-0.3, -0.25) is 4.79 Å². The number of hydrogen-bond donors (Lipinski definition) is 1. The number of nitrogens with zero attached hydrogens (tertiary/aromatic N) is 1. The first kappa shape index (κ1) is 17.4. The molecule has 5 heteroatoms. The summed E-state index contributed by atoms with van der Waals surface area (Å²) in [6, 6.07) is 11.7. The van der Waals surface area contributed by atoms with Gasteiger partial charge in [0, 0.05) is 23.0 Å². The Balaban J connectivity index is 1.53. The minimum Gasteiger partial charge on any atom is -0.493 e. The molecule has 146 valence electrons. The van der Waals surface area contributed by atoms with Crippen molar-refractivity contribution in [3.05, 3.63) is 47.5 Å². The van der Waals surface area contributed by atoms with Gasteiger partial charge in [-0.25, -0.2) is 0 Å². The Morgan fingerprint density at radius 3 is 2.50 bits per heavy atom. The molecule has 0 spiro atoms. The molecule has 1 heterocycles. The Bertz CT molecular complexity index is 916. The fourth-order valence-corrected chi connectivity index (χ4v) is 4.66. The highest BCUT2D eigenvalue weighted by molar-refractivity contribution is 6.11. The SMILES string of the molecule is COc1ccc(N2C(=O)c3cc(N)ccc3C2C2CC2)cc1OC1CCCC1. The Morgan fingerprint density at radius 2 is 1.79 bits per heavy atom. The van der Waals surface area contributed by atoms with Crippen molar-refractivity contribution in [1.29, 1.82) is 0 Å². The molecule has 2 aromatic carbocycles. The largest absolute Gasteiger partial charge is 0.493 e. The van der Waals surface area contributed by atoms with Crippen LogP contribution in [0.3, 0.4) is 0 Å². The summed E-state index contributed by atoms with van der Waals surface area (Å²) in [5, 5.41) is 0. The van der Waals surface area contributed by atoms with E-state index in [0.29, 0.717) is 17.4 Å². The van der Waals surface area contributed by atoms with Crippen molar-refractivity contribution in [2.75, 3.05) is 17.7 Å². The summed E-state index contributed by atoms with van der Waals surface area (Å²) in [7, 11) is 1.66. The smallest absolute Gasteiger partial charge is 0.259 e. The molecule has 1 amide bonds. The summed E-state index contributed by atoms with van der Waals surface area (Å²) in [6.07, 6.45) is 7.10. The normalized spacial score (nSPS) is 21.8. The van der Waals surface area contributed by atoms with Crippen LogP contribution in [0.4, 0.5) is 11.4 Å². The fourth-order valence-electron chi connectivity index (χ4n) is 4.66. The summed E-state index contributed by atoms with van der Waals surface area (Å²) < 4.78 is 11.8. The number of ether oxygens (including phenoxy) is 2. The van der Waals surface area contributed by atoms with Crippen LogP contribution >= 0.6 is 0 Å². The van der Waals surface area contributed by atoms with Crippen LogP contribution in [0, 0.1) is 5.92 Å². The lowest BCUT2D eigenvalue weighted by atomic mass is 10.0. The van der Waals surface area contributed by atoms with Crippen molar-refractivity contribution in [3.8, 4) is 11.5 Å². The van der Waals surface area contributed by atoms with Gasteiger partial charge in [-0.1, -0.05) is 6.07 Å². The number of fused-ring (bicyclic) bond motifs is 1. The molecule has 28 heavy (non-hydrogen) atoms. The minimum absolute atomic E-state index is 0.0242. The van der Waals surface area contributed by atoms with Gasteiger partial charge in [0.05, 0.1) is 19.3 Å². The topological polar surface area (TPSA) is 64.8 Å². The molecule has 1 atom stereocenters. The average Bonchev–Trinajstić information content (AvgIpc) is 3.33. The van der Waals surface area contributed by atoms with Crippen LogP contribution in [0.1, 0.15) is 60.5 Å². The Kier molecular flexibility index (Phi) is 4.18. The van der Waals surface area contributed by atoms with Gasteiger partial charge in [0.25, 0.3) is 5.91 Å². The maximum Gasteiger partial charge on any atom is 0.259 e. The van der Waals surface area contributed by atoms with Crippen LogP contribution in [-0.2, 0) is 0 Å². The van der Waals surface area contributed by atoms with E-state index in [2.05, 4.69) is 0 Å². The van der Waals surface area contributed by atoms with Crippen molar-refractivity contribution in [2.24, 2.45) is 5.92 Å². The second-order valence-electron chi connectivity index (χ2n) is 8.16. The van der Waals surface area contributed by atoms with E-state index in [1.807, 2.05) is 41.3 Å². The first-order valence-corrected chi connectivity index (χ1v) is 10.2. The number of rotatable bonds is 5. The molecule has 2 N–H and O–H groups in total. The van der Waals surface area contributed by atoms with Crippen LogP contribution in [0.15, 0.2) is 36.4 Å². The van der Waals surface area contributed by atoms with Gasteiger partial charge in [-0.05, 0) is 74.3 Å². The van der Waals surface area contributed by atoms with Crippen molar-refractivity contribution in [3.63, 3.8) is 0 Å². The third-order valence-electron chi connectivity index (χ3n) is 6.21. The number of carbonyl (C=O) groups excluding carboxylic acids is 1. The molecule has 0 aromatic heterocycles. The first-order chi connectivity index (χ1) is 13.7. The highest BCUT2D eigenvalue weighted by Gasteiger charge is 2.46. The zero-order valence-electron chi connectivity index (χ0n) is 16.2. The van der Waals surface area contributed by atoms with Gasteiger partial charge in [-0.15, -0.1) is 0 Å². The first-order valence-electron chi connectivity index (χ1n) is 10.2. The minimum atomic E-state index is 0.0242. The molecule has 0 radical (unpaired) electrons. The predicted molar refractivity (Wildman–Crippen MR) is 109 cm³/mol. The summed E-state index contributed by atoms with van der Waals surface area (Å²) >= 11 is 0. The number of benzene rings is 2. The molecule has 0 saturated heterocycles. The van der Waals surface area contributed by atoms with Crippen molar-refractivity contribution in [2.45, 2.75) is 50.7 Å². The van der Waals surface area contributed by atoms with Gasteiger partial charge in [0.15, 0.2) is 11.5 Å². The fraction of sp³-hybridized carbons (Fsp3) is 0.435. The molecule has 2 fully saturated rings. The third kappa shape index (κ3) is 2.89. The van der Waals surface area contributed by atoms with Crippen LogP contribution in [0.5, 0.6) is 11.5 Å². The lowest BCUT2D eigenvalue weighted by molar-refractivity contribution is 0.0989. The standard InChI is InChI=1S/C23H26N2O3/c1-27-20-11-9-16(13-21(20)28-17-4-2-3-5-17)25-22(14-6-7-14)18-10-8-15(24)12-19(18)23(25)26/h8-14,17,22H,2-7,24H2,1H3. The van der Waals surface area contributed by atoms with E-state index in [1.54, 1.807) is 7.11 Å². The number of nitrogen functional groups attached to an aromatic ring is 1.